The lowest BCUT2D eigenvalue weighted by molar-refractivity contribution is 0.472. The van der Waals surface area contributed by atoms with Crippen LogP contribution in [0.4, 0.5) is 0 Å². The van der Waals surface area contributed by atoms with Crippen LogP contribution in [0.15, 0.2) is 133 Å². The molecule has 2 aromatic heterocycles. The van der Waals surface area contributed by atoms with Crippen LogP contribution >= 0.6 is 0 Å². The first-order chi connectivity index (χ1) is 31.7. The van der Waals surface area contributed by atoms with E-state index in [-0.39, 0.29) is 40.3 Å². The first kappa shape index (κ1) is 29.9. The molecular formula is C55H55N3O. The highest BCUT2D eigenvalue weighted by Crippen LogP contribution is 2.42. The summed E-state index contributed by atoms with van der Waals surface area (Å²) < 4.78 is 79.7. The van der Waals surface area contributed by atoms with E-state index in [0.29, 0.717) is 50.5 Å². The second-order valence-corrected chi connectivity index (χ2v) is 17.1. The minimum atomic E-state index is -2.58. The lowest BCUT2D eigenvalue weighted by Gasteiger charge is -2.22. The van der Waals surface area contributed by atoms with Crippen molar-refractivity contribution in [2.75, 3.05) is 0 Å². The van der Waals surface area contributed by atoms with Crippen molar-refractivity contribution < 1.29 is 17.4 Å². The van der Waals surface area contributed by atoms with Gasteiger partial charge in [0.15, 0.2) is 0 Å². The molecule has 4 nitrogen and oxygen atoms in total. The average Bonchev–Trinajstić information content (AvgIpc) is 3.67. The normalized spacial score (nSPS) is 14.5. The Kier molecular flexibility index (Phi) is 7.84. The highest BCUT2D eigenvalue weighted by atomic mass is 16.3. The topological polar surface area (TPSA) is 50.9 Å². The first-order valence-electron chi connectivity index (χ1n) is 24.6. The van der Waals surface area contributed by atoms with Crippen molar-refractivity contribution in [2.24, 2.45) is 0 Å². The number of phenolic OH excluding ortho intramolecular Hbond substituents is 1. The van der Waals surface area contributed by atoms with Crippen LogP contribution in [-0.2, 0) is 5.41 Å². The number of aryl methyl sites for hydroxylation is 3. The molecule has 0 spiro atoms. The molecule has 0 saturated carbocycles. The third kappa shape index (κ3) is 7.72. The molecule has 59 heavy (non-hydrogen) atoms. The molecule has 0 saturated heterocycles. The van der Waals surface area contributed by atoms with Gasteiger partial charge in [-0.2, -0.15) is 0 Å². The largest absolute Gasteiger partial charge is 0.507 e. The number of aromatic nitrogens is 3. The fourth-order valence-electron chi connectivity index (χ4n) is 7.74. The number of aromatic hydroxyl groups is 1. The Morgan fingerprint density at radius 3 is 2.17 bits per heavy atom. The number of benzene rings is 6. The van der Waals surface area contributed by atoms with Crippen molar-refractivity contribution in [3.8, 4) is 67.5 Å². The van der Waals surface area contributed by atoms with E-state index in [1.54, 1.807) is 24.4 Å². The van der Waals surface area contributed by atoms with Crippen LogP contribution in [0.25, 0.3) is 72.7 Å². The number of hydrogen-bond donors (Lipinski definition) is 1. The van der Waals surface area contributed by atoms with Gasteiger partial charge in [-0.3, -0.25) is 9.55 Å². The molecule has 8 rings (SSSR count). The van der Waals surface area contributed by atoms with E-state index in [2.05, 4.69) is 52.8 Å². The molecule has 0 radical (unpaired) electrons. The third-order valence-electron chi connectivity index (χ3n) is 11.1. The molecule has 6 aromatic carbocycles. The molecule has 296 valence electrons. The van der Waals surface area contributed by atoms with Gasteiger partial charge in [0.05, 0.1) is 34.8 Å². The molecule has 0 atom stereocenters. The maximum Gasteiger partial charge on any atom is 0.149 e. The van der Waals surface area contributed by atoms with Gasteiger partial charge in [0.2, 0.25) is 0 Å². The zero-order valence-corrected chi connectivity index (χ0v) is 35.2. The van der Waals surface area contributed by atoms with Gasteiger partial charge in [0, 0.05) is 22.8 Å². The standard InChI is InChI=1S/C55H55N3O/c1-33(2)41-26-42(34(3)4)28-43(27-41)39-19-20-50(36(6)25-39)58-51-18-14-17-47(52(51)57-54(58)48-24-35(5)23-37(7)53(48)59)44-29-45(31-46(30-44)55(8,9)10)49-32-40(21-22-56-49)38-15-12-11-13-16-38/h11-34,59H,1-10H3/i6D3,11D,12D,13D,15D,16D,33D. The summed E-state index contributed by atoms with van der Waals surface area (Å²) in [6.45, 7) is 15.4. The third-order valence-corrected chi connectivity index (χ3v) is 11.1. The molecule has 0 aliphatic carbocycles. The minimum absolute atomic E-state index is 0.0267. The van der Waals surface area contributed by atoms with E-state index in [4.69, 9.17) is 22.3 Å². The molecule has 8 aromatic rings. The Morgan fingerprint density at radius 2 is 1.44 bits per heavy atom. The summed E-state index contributed by atoms with van der Waals surface area (Å²) in [5.41, 5.74) is 10.9. The van der Waals surface area contributed by atoms with Crippen molar-refractivity contribution in [1.82, 2.24) is 14.5 Å². The van der Waals surface area contributed by atoms with E-state index in [9.17, 15) is 5.11 Å². The van der Waals surface area contributed by atoms with Crippen LogP contribution in [0, 0.1) is 20.7 Å². The number of rotatable bonds is 8. The van der Waals surface area contributed by atoms with E-state index in [1.165, 1.54) is 0 Å². The maximum absolute atomic E-state index is 11.8. The Morgan fingerprint density at radius 1 is 0.695 bits per heavy atom. The average molecular weight is 783 g/mol. The molecule has 0 bridgehead atoms. The summed E-state index contributed by atoms with van der Waals surface area (Å²) in [6, 6.07) is 28.7. The summed E-state index contributed by atoms with van der Waals surface area (Å²) >= 11 is 0. The van der Waals surface area contributed by atoms with E-state index < -0.39 is 30.9 Å². The van der Waals surface area contributed by atoms with Crippen molar-refractivity contribution in [1.29, 1.82) is 0 Å². The summed E-state index contributed by atoms with van der Waals surface area (Å²) in [5, 5.41) is 11.8. The smallest absolute Gasteiger partial charge is 0.149 e. The Bertz CT molecular complexity index is 3290. The molecule has 2 heterocycles. The zero-order chi connectivity index (χ0) is 49.5. The first-order valence-corrected chi connectivity index (χ1v) is 20.1. The fourth-order valence-corrected chi connectivity index (χ4v) is 7.74. The Hall–Kier alpha value is -6.26. The number of fused-ring (bicyclic) bond motifs is 1. The van der Waals surface area contributed by atoms with Gasteiger partial charge in [-0.25, -0.2) is 4.98 Å². The van der Waals surface area contributed by atoms with Gasteiger partial charge >= 0.3 is 0 Å². The predicted molar refractivity (Wildman–Crippen MR) is 249 cm³/mol. The highest BCUT2D eigenvalue weighted by Gasteiger charge is 2.24. The molecule has 0 fully saturated rings. The van der Waals surface area contributed by atoms with Gasteiger partial charge < -0.3 is 5.11 Å². The van der Waals surface area contributed by atoms with Crippen molar-refractivity contribution in [2.45, 2.75) is 86.4 Å². The number of nitrogens with zero attached hydrogens (tertiary/aromatic N) is 3. The molecule has 0 amide bonds. The van der Waals surface area contributed by atoms with E-state index in [0.717, 1.165) is 44.5 Å². The van der Waals surface area contributed by atoms with E-state index >= 15 is 0 Å². The number of hydrogen-bond acceptors (Lipinski definition) is 3. The molecule has 4 heteroatoms. The van der Waals surface area contributed by atoms with Gasteiger partial charge in [-0.05, 0) is 148 Å². The summed E-state index contributed by atoms with van der Waals surface area (Å²) in [6.07, 6.45) is 1.57. The van der Waals surface area contributed by atoms with Crippen molar-refractivity contribution in [3.05, 3.63) is 167 Å². The number of pyridine rings is 1. The molecule has 0 aliphatic rings. The van der Waals surface area contributed by atoms with Gasteiger partial charge in [-0.1, -0.05) is 127 Å². The van der Waals surface area contributed by atoms with Crippen molar-refractivity contribution >= 4 is 11.0 Å². The van der Waals surface area contributed by atoms with Crippen LogP contribution < -0.4 is 0 Å². The number of phenols is 1. The van der Waals surface area contributed by atoms with Gasteiger partial charge in [0.1, 0.15) is 11.6 Å². The van der Waals surface area contributed by atoms with Crippen LogP contribution in [0.1, 0.15) is 106 Å². The summed E-state index contributed by atoms with van der Waals surface area (Å²) in [4.78, 5) is 10.1. The van der Waals surface area contributed by atoms with Crippen molar-refractivity contribution in [3.63, 3.8) is 0 Å². The predicted octanol–water partition coefficient (Wildman–Crippen LogP) is 14.9. The van der Waals surface area contributed by atoms with Gasteiger partial charge in [0.25, 0.3) is 0 Å². The number of para-hydroxylation sites is 1. The minimum Gasteiger partial charge on any atom is -0.507 e. The second kappa shape index (κ2) is 15.5. The number of imidazole rings is 1. The zero-order valence-electron chi connectivity index (χ0n) is 44.2. The van der Waals surface area contributed by atoms with Crippen LogP contribution in [-0.4, -0.2) is 19.6 Å². The molecular weight excluding hydrogens is 719 g/mol. The Labute approximate surface area is 362 Å². The highest BCUT2D eigenvalue weighted by molar-refractivity contribution is 5.97. The quantitative estimate of drug-likeness (QED) is 0.167. The van der Waals surface area contributed by atoms with Gasteiger partial charge in [-0.15, -0.1) is 0 Å². The van der Waals surface area contributed by atoms with E-state index in [1.807, 2.05) is 92.9 Å². The molecule has 0 unspecified atom stereocenters. The monoisotopic (exact) mass is 782 g/mol. The molecule has 1 N–H and O–H groups in total. The van der Waals surface area contributed by atoms with Crippen LogP contribution in [0.2, 0.25) is 0 Å². The SMILES string of the molecule is [2H]c1c([2H])c([2H])c(-c2ccnc(-c3cc(-c4cccc5c4nc(-c4cc(C)cc(C)c4O)n5-c4ccc(-c5cc(C(C)C)cc(C([2H])(C)C)c5)cc4C([2H])([2H])[2H])cc(C(C)(C)C)c3)c2)c([2H])c1[2H]. The van der Waals surface area contributed by atoms with Crippen LogP contribution in [0.3, 0.4) is 0 Å². The lowest BCUT2D eigenvalue weighted by atomic mass is 9.83. The second-order valence-electron chi connectivity index (χ2n) is 17.1. The fraction of sp³-hybridized carbons (Fsp3) is 0.236. The Balaban J connectivity index is 1.39. The lowest BCUT2D eigenvalue weighted by Crippen LogP contribution is -2.11. The maximum atomic E-state index is 11.8. The van der Waals surface area contributed by atoms with Crippen LogP contribution in [0.5, 0.6) is 5.75 Å². The summed E-state index contributed by atoms with van der Waals surface area (Å²) in [5.74, 6) is -0.325. The summed E-state index contributed by atoms with van der Waals surface area (Å²) in [7, 11) is 0. The molecule has 0 aliphatic heterocycles.